The van der Waals surface area contributed by atoms with E-state index in [0.717, 1.165) is 11.3 Å². The molecule has 0 aliphatic rings. The number of nitrogens with zero attached hydrogens (tertiary/aromatic N) is 1. The molecule has 0 fully saturated rings. The second-order valence-electron chi connectivity index (χ2n) is 3.66. The Morgan fingerprint density at radius 1 is 1.33 bits per heavy atom. The van der Waals surface area contributed by atoms with Crippen LogP contribution >= 0.6 is 22.9 Å². The second-order valence-corrected chi connectivity index (χ2v) is 7.31. The first-order valence-electron chi connectivity index (χ1n) is 5.17. The maximum absolute atomic E-state index is 12.0. The van der Waals surface area contributed by atoms with Gasteiger partial charge in [-0.05, 0) is 31.2 Å². The summed E-state index contributed by atoms with van der Waals surface area (Å²) in [5.41, 5.74) is 0.670. The molecule has 0 spiro atoms. The van der Waals surface area contributed by atoms with E-state index in [4.69, 9.17) is 11.6 Å². The molecule has 1 atom stereocenters. The molecular formula is C11H11ClN2O2S2. The first kappa shape index (κ1) is 13.5. The number of halogens is 1. The average molecular weight is 303 g/mol. The number of hydrogen-bond acceptors (Lipinski definition) is 4. The van der Waals surface area contributed by atoms with E-state index >= 15 is 0 Å². The molecule has 0 aliphatic heterocycles. The van der Waals surface area contributed by atoms with Crippen LogP contribution in [0, 0.1) is 0 Å². The van der Waals surface area contributed by atoms with Gasteiger partial charge in [0.2, 0.25) is 0 Å². The molecule has 4 nitrogen and oxygen atoms in total. The lowest BCUT2D eigenvalue weighted by Gasteiger charge is -2.12. The molecule has 2 rings (SSSR count). The zero-order valence-corrected chi connectivity index (χ0v) is 11.9. The summed E-state index contributed by atoms with van der Waals surface area (Å²) in [7, 11) is -3.54. The Balaban J connectivity index is 2.19. The van der Waals surface area contributed by atoms with Crippen molar-refractivity contribution in [3.63, 3.8) is 0 Å². The van der Waals surface area contributed by atoms with Crippen LogP contribution < -0.4 is 4.72 Å². The smallest absolute Gasteiger partial charge is 0.250 e. The minimum atomic E-state index is -3.54. The molecule has 96 valence electrons. The quantitative estimate of drug-likeness (QED) is 0.945. The van der Waals surface area contributed by atoms with Crippen LogP contribution in [0.1, 0.15) is 18.7 Å². The van der Waals surface area contributed by atoms with E-state index in [2.05, 4.69) is 9.71 Å². The normalized spacial score (nSPS) is 13.4. The molecular weight excluding hydrogens is 292 g/mol. The number of aromatic nitrogens is 1. The van der Waals surface area contributed by atoms with Gasteiger partial charge < -0.3 is 0 Å². The molecule has 0 saturated carbocycles. The minimum Gasteiger partial charge on any atom is -0.260 e. The zero-order chi connectivity index (χ0) is 13.2. The highest BCUT2D eigenvalue weighted by molar-refractivity contribution is 7.91. The summed E-state index contributed by atoms with van der Waals surface area (Å²) in [6, 6.07) is 8.03. The van der Waals surface area contributed by atoms with Gasteiger partial charge in [0.15, 0.2) is 0 Å². The Morgan fingerprint density at radius 2 is 2.11 bits per heavy atom. The highest BCUT2D eigenvalue weighted by atomic mass is 35.5. The molecule has 0 bridgehead atoms. The molecule has 2 aromatic heterocycles. The molecule has 0 aliphatic carbocycles. The zero-order valence-electron chi connectivity index (χ0n) is 9.50. The summed E-state index contributed by atoms with van der Waals surface area (Å²) in [6.45, 7) is 1.75. The monoisotopic (exact) mass is 302 g/mol. The Kier molecular flexibility index (Phi) is 4.01. The summed E-state index contributed by atoms with van der Waals surface area (Å²) in [5.74, 6) is 0. The third kappa shape index (κ3) is 3.08. The third-order valence-electron chi connectivity index (χ3n) is 2.28. The third-order valence-corrected chi connectivity index (χ3v) is 5.54. The average Bonchev–Trinajstić information content (AvgIpc) is 2.77. The van der Waals surface area contributed by atoms with E-state index in [1.807, 2.05) is 6.07 Å². The van der Waals surface area contributed by atoms with Gasteiger partial charge in [0.25, 0.3) is 10.0 Å². The first-order valence-corrected chi connectivity index (χ1v) is 7.85. The van der Waals surface area contributed by atoms with Gasteiger partial charge in [-0.3, -0.25) is 4.98 Å². The summed E-state index contributed by atoms with van der Waals surface area (Å²) >= 11 is 6.76. The van der Waals surface area contributed by atoms with E-state index in [9.17, 15) is 8.42 Å². The molecule has 1 unspecified atom stereocenters. The van der Waals surface area contributed by atoms with Gasteiger partial charge in [0.1, 0.15) is 4.21 Å². The lowest BCUT2D eigenvalue weighted by atomic mass is 10.2. The maximum Gasteiger partial charge on any atom is 0.250 e. The molecule has 18 heavy (non-hydrogen) atoms. The van der Waals surface area contributed by atoms with Crippen molar-refractivity contribution < 1.29 is 8.42 Å². The van der Waals surface area contributed by atoms with Crippen LogP contribution in [0.2, 0.25) is 4.34 Å². The standard InChI is InChI=1S/C11H11ClN2O2S2/c1-8(9-4-2-3-7-13-9)14-18(15,16)11-6-5-10(12)17-11/h2-8,14H,1H3. The van der Waals surface area contributed by atoms with Gasteiger partial charge >= 0.3 is 0 Å². The molecule has 0 radical (unpaired) electrons. The molecule has 1 N–H and O–H groups in total. The van der Waals surface area contributed by atoms with Crippen LogP contribution in [0.25, 0.3) is 0 Å². The van der Waals surface area contributed by atoms with Gasteiger partial charge in [-0.2, -0.15) is 0 Å². The van der Waals surface area contributed by atoms with E-state index in [1.54, 1.807) is 31.3 Å². The summed E-state index contributed by atoms with van der Waals surface area (Å²) in [4.78, 5) is 4.11. The molecule has 7 heteroatoms. The Hall–Kier alpha value is -0.950. The number of sulfonamides is 1. The van der Waals surface area contributed by atoms with Crippen LogP contribution in [0.5, 0.6) is 0 Å². The predicted molar refractivity (Wildman–Crippen MR) is 72.3 cm³/mol. The Morgan fingerprint density at radius 3 is 2.67 bits per heavy atom. The van der Waals surface area contributed by atoms with Gasteiger partial charge in [-0.15, -0.1) is 11.3 Å². The number of rotatable bonds is 4. The Bertz CT molecular complexity index is 626. The molecule has 0 aromatic carbocycles. The van der Waals surface area contributed by atoms with Crippen LogP contribution in [0.3, 0.4) is 0 Å². The van der Waals surface area contributed by atoms with Crippen molar-refractivity contribution in [2.24, 2.45) is 0 Å². The first-order chi connectivity index (χ1) is 8.49. The molecule has 2 aromatic rings. The number of thiophene rings is 1. The van der Waals surface area contributed by atoms with Gasteiger partial charge in [0, 0.05) is 6.20 Å². The van der Waals surface area contributed by atoms with E-state index < -0.39 is 16.1 Å². The van der Waals surface area contributed by atoms with Crippen molar-refractivity contribution in [3.05, 3.63) is 46.6 Å². The summed E-state index contributed by atoms with van der Waals surface area (Å²) in [6.07, 6.45) is 1.63. The molecule has 2 heterocycles. The van der Waals surface area contributed by atoms with Crippen LogP contribution in [-0.2, 0) is 10.0 Å². The second kappa shape index (κ2) is 5.36. The maximum atomic E-state index is 12.0. The van der Waals surface area contributed by atoms with Crippen LogP contribution in [-0.4, -0.2) is 13.4 Å². The highest BCUT2D eigenvalue weighted by Crippen LogP contribution is 2.26. The van der Waals surface area contributed by atoms with E-state index in [-0.39, 0.29) is 4.21 Å². The van der Waals surface area contributed by atoms with Crippen molar-refractivity contribution in [3.8, 4) is 0 Å². The fourth-order valence-electron chi connectivity index (χ4n) is 1.43. The van der Waals surface area contributed by atoms with Crippen molar-refractivity contribution >= 4 is 33.0 Å². The fourth-order valence-corrected chi connectivity index (χ4v) is 4.14. The molecule has 0 saturated heterocycles. The number of pyridine rings is 1. The predicted octanol–water partition coefficient (Wildman–Crippen LogP) is 2.84. The van der Waals surface area contributed by atoms with Crippen LogP contribution in [0.15, 0.2) is 40.7 Å². The van der Waals surface area contributed by atoms with Crippen LogP contribution in [0.4, 0.5) is 0 Å². The van der Waals surface area contributed by atoms with Crippen molar-refractivity contribution in [1.82, 2.24) is 9.71 Å². The number of nitrogens with one attached hydrogen (secondary N) is 1. The Labute approximate surface area is 115 Å². The van der Waals surface area contributed by atoms with Gasteiger partial charge in [-0.25, -0.2) is 13.1 Å². The fraction of sp³-hybridized carbons (Fsp3) is 0.182. The highest BCUT2D eigenvalue weighted by Gasteiger charge is 2.20. The van der Waals surface area contributed by atoms with Crippen molar-refractivity contribution in [2.45, 2.75) is 17.2 Å². The largest absolute Gasteiger partial charge is 0.260 e. The number of hydrogen-bond donors (Lipinski definition) is 1. The van der Waals surface area contributed by atoms with E-state index in [0.29, 0.717) is 10.0 Å². The van der Waals surface area contributed by atoms with Gasteiger partial charge in [-0.1, -0.05) is 17.7 Å². The summed E-state index contributed by atoms with van der Waals surface area (Å²) < 4.78 is 27.3. The van der Waals surface area contributed by atoms with Crippen molar-refractivity contribution in [2.75, 3.05) is 0 Å². The van der Waals surface area contributed by atoms with Gasteiger partial charge in [0.05, 0.1) is 16.1 Å². The lowest BCUT2D eigenvalue weighted by molar-refractivity contribution is 0.566. The minimum absolute atomic E-state index is 0.204. The van der Waals surface area contributed by atoms with Crippen molar-refractivity contribution in [1.29, 1.82) is 0 Å². The topological polar surface area (TPSA) is 59.1 Å². The summed E-state index contributed by atoms with van der Waals surface area (Å²) in [5, 5.41) is 0. The lowest BCUT2D eigenvalue weighted by Crippen LogP contribution is -2.26. The SMILES string of the molecule is CC(NS(=O)(=O)c1ccc(Cl)s1)c1ccccn1. The molecule has 0 amide bonds. The van der Waals surface area contributed by atoms with E-state index in [1.165, 1.54) is 6.07 Å².